The van der Waals surface area contributed by atoms with E-state index >= 15 is 0 Å². The van der Waals surface area contributed by atoms with Crippen LogP contribution in [0.25, 0.3) is 0 Å². The minimum Gasteiger partial charge on any atom is -0.315 e. The van der Waals surface area contributed by atoms with Crippen LogP contribution in [0.1, 0.15) is 30.7 Å². The normalized spacial score (nSPS) is 23.2. The van der Waals surface area contributed by atoms with Crippen molar-refractivity contribution in [3.63, 3.8) is 0 Å². The fourth-order valence-electron chi connectivity index (χ4n) is 2.24. The van der Waals surface area contributed by atoms with E-state index in [0.29, 0.717) is 6.54 Å². The summed E-state index contributed by atoms with van der Waals surface area (Å²) < 4.78 is 26.5. The zero-order valence-electron chi connectivity index (χ0n) is 10.8. The molecule has 102 valence electrons. The summed E-state index contributed by atoms with van der Waals surface area (Å²) in [5, 5.41) is 4.87. The van der Waals surface area contributed by atoms with Crippen molar-refractivity contribution in [3.05, 3.63) is 22.4 Å². The van der Waals surface area contributed by atoms with Crippen LogP contribution in [0.2, 0.25) is 0 Å². The Kier molecular flexibility index (Phi) is 4.42. The van der Waals surface area contributed by atoms with Gasteiger partial charge in [0.05, 0.1) is 11.3 Å². The van der Waals surface area contributed by atoms with Crippen molar-refractivity contribution >= 4 is 21.4 Å². The van der Waals surface area contributed by atoms with Crippen LogP contribution in [0.5, 0.6) is 0 Å². The molecule has 0 radical (unpaired) electrons. The number of nitrogens with one attached hydrogen (secondary N) is 1. The van der Waals surface area contributed by atoms with Gasteiger partial charge in [0.2, 0.25) is 10.0 Å². The quantitative estimate of drug-likeness (QED) is 0.919. The zero-order valence-corrected chi connectivity index (χ0v) is 12.4. The fourth-order valence-corrected chi connectivity index (χ4v) is 4.95. The van der Waals surface area contributed by atoms with Crippen molar-refractivity contribution in [2.45, 2.75) is 31.1 Å². The summed E-state index contributed by atoms with van der Waals surface area (Å²) in [6.45, 7) is 3.44. The monoisotopic (exact) mass is 288 g/mol. The van der Waals surface area contributed by atoms with Crippen molar-refractivity contribution in [2.24, 2.45) is 0 Å². The van der Waals surface area contributed by atoms with E-state index in [1.165, 1.54) is 4.31 Å². The molecule has 0 aliphatic carbocycles. The summed E-state index contributed by atoms with van der Waals surface area (Å²) in [7, 11) is -1.52. The summed E-state index contributed by atoms with van der Waals surface area (Å²) in [5.41, 5.74) is 0. The third-order valence-electron chi connectivity index (χ3n) is 3.57. The SMILES string of the molecule is CC(c1cccs1)N(C)S(=O)(=O)C1CCCNC1. The Morgan fingerprint density at radius 3 is 2.89 bits per heavy atom. The van der Waals surface area contributed by atoms with Gasteiger partial charge >= 0.3 is 0 Å². The van der Waals surface area contributed by atoms with Gasteiger partial charge < -0.3 is 5.32 Å². The zero-order chi connectivity index (χ0) is 13.2. The average molecular weight is 288 g/mol. The Morgan fingerprint density at radius 2 is 2.33 bits per heavy atom. The van der Waals surface area contributed by atoms with E-state index in [9.17, 15) is 8.42 Å². The average Bonchev–Trinajstić information content (AvgIpc) is 2.92. The van der Waals surface area contributed by atoms with Crippen molar-refractivity contribution < 1.29 is 8.42 Å². The highest BCUT2D eigenvalue weighted by Gasteiger charge is 2.33. The lowest BCUT2D eigenvalue weighted by Gasteiger charge is -2.30. The van der Waals surface area contributed by atoms with Gasteiger partial charge in [0, 0.05) is 18.5 Å². The van der Waals surface area contributed by atoms with Crippen molar-refractivity contribution in [3.8, 4) is 0 Å². The second-order valence-corrected chi connectivity index (χ2v) is 7.97. The molecule has 0 bridgehead atoms. The largest absolute Gasteiger partial charge is 0.315 e. The minimum absolute atomic E-state index is 0.0862. The lowest BCUT2D eigenvalue weighted by Crippen LogP contribution is -2.45. The van der Waals surface area contributed by atoms with Gasteiger partial charge in [-0.25, -0.2) is 8.42 Å². The molecular weight excluding hydrogens is 268 g/mol. The maximum absolute atomic E-state index is 12.5. The van der Waals surface area contributed by atoms with Gasteiger partial charge in [-0.3, -0.25) is 0 Å². The summed E-state index contributed by atoms with van der Waals surface area (Å²) in [6, 6.07) is 3.86. The molecule has 0 saturated carbocycles. The van der Waals surface area contributed by atoms with Crippen LogP contribution in [-0.2, 0) is 10.0 Å². The molecule has 1 aliphatic heterocycles. The van der Waals surface area contributed by atoms with Gasteiger partial charge in [-0.05, 0) is 37.8 Å². The molecule has 2 heterocycles. The lowest BCUT2D eigenvalue weighted by atomic mass is 10.2. The lowest BCUT2D eigenvalue weighted by molar-refractivity contribution is 0.383. The summed E-state index contributed by atoms with van der Waals surface area (Å²) >= 11 is 1.60. The molecule has 1 N–H and O–H groups in total. The first-order valence-electron chi connectivity index (χ1n) is 6.24. The smallest absolute Gasteiger partial charge is 0.218 e. The van der Waals surface area contributed by atoms with Crippen LogP contribution in [0.3, 0.4) is 0 Å². The molecule has 1 saturated heterocycles. The van der Waals surface area contributed by atoms with Crippen LogP contribution in [-0.4, -0.2) is 38.1 Å². The second-order valence-electron chi connectivity index (χ2n) is 4.72. The van der Waals surface area contributed by atoms with Gasteiger partial charge in [-0.15, -0.1) is 11.3 Å². The first-order valence-corrected chi connectivity index (χ1v) is 8.62. The minimum atomic E-state index is -3.21. The van der Waals surface area contributed by atoms with Crippen molar-refractivity contribution in [2.75, 3.05) is 20.1 Å². The molecule has 0 spiro atoms. The Hall–Kier alpha value is -0.430. The van der Waals surface area contributed by atoms with Crippen LogP contribution in [0.4, 0.5) is 0 Å². The third kappa shape index (κ3) is 2.77. The summed E-state index contributed by atoms with van der Waals surface area (Å²) in [5.74, 6) is 0. The molecule has 1 aromatic heterocycles. The molecule has 2 atom stereocenters. The Labute approximate surface area is 113 Å². The van der Waals surface area contributed by atoms with Crippen molar-refractivity contribution in [1.29, 1.82) is 0 Å². The number of hydrogen-bond acceptors (Lipinski definition) is 4. The van der Waals surface area contributed by atoms with E-state index in [2.05, 4.69) is 5.32 Å². The number of thiophene rings is 1. The molecule has 2 unspecified atom stereocenters. The first-order chi connectivity index (χ1) is 8.53. The molecule has 0 amide bonds. The van der Waals surface area contributed by atoms with Crippen LogP contribution >= 0.6 is 11.3 Å². The molecule has 0 aromatic carbocycles. The molecule has 1 fully saturated rings. The van der Waals surface area contributed by atoms with E-state index < -0.39 is 10.0 Å². The maximum Gasteiger partial charge on any atom is 0.218 e. The Bertz CT molecular complexity index is 464. The van der Waals surface area contributed by atoms with E-state index in [-0.39, 0.29) is 11.3 Å². The maximum atomic E-state index is 12.5. The summed E-state index contributed by atoms with van der Waals surface area (Å²) in [4.78, 5) is 1.09. The topological polar surface area (TPSA) is 49.4 Å². The first kappa shape index (κ1) is 14.0. The van der Waals surface area contributed by atoms with E-state index in [0.717, 1.165) is 24.3 Å². The highest BCUT2D eigenvalue weighted by atomic mass is 32.2. The Balaban J connectivity index is 2.13. The van der Waals surface area contributed by atoms with Gasteiger partial charge in [0.1, 0.15) is 0 Å². The van der Waals surface area contributed by atoms with E-state index in [4.69, 9.17) is 0 Å². The van der Waals surface area contributed by atoms with Crippen LogP contribution in [0.15, 0.2) is 17.5 Å². The number of sulfonamides is 1. The van der Waals surface area contributed by atoms with Crippen molar-refractivity contribution in [1.82, 2.24) is 9.62 Å². The molecule has 6 heteroatoms. The second kappa shape index (κ2) is 5.69. The molecule has 18 heavy (non-hydrogen) atoms. The third-order valence-corrected chi connectivity index (χ3v) is 6.98. The number of rotatable bonds is 4. The molecule has 1 aliphatic rings. The standard InChI is InChI=1S/C12H20N2O2S2/c1-10(12-6-4-8-17-12)14(2)18(15,16)11-5-3-7-13-9-11/h4,6,8,10-11,13H,3,5,7,9H2,1-2H3. The van der Waals surface area contributed by atoms with Gasteiger partial charge in [-0.1, -0.05) is 6.07 Å². The predicted octanol–water partition coefficient (Wildman–Crippen LogP) is 1.82. The van der Waals surface area contributed by atoms with E-state index in [1.54, 1.807) is 18.4 Å². The molecule has 1 aromatic rings. The highest BCUT2D eigenvalue weighted by Crippen LogP contribution is 2.28. The Morgan fingerprint density at radius 1 is 1.56 bits per heavy atom. The highest BCUT2D eigenvalue weighted by molar-refractivity contribution is 7.89. The number of piperidine rings is 1. The molecule has 2 rings (SSSR count). The van der Waals surface area contributed by atoms with Crippen LogP contribution in [0, 0.1) is 0 Å². The predicted molar refractivity (Wildman–Crippen MR) is 75.3 cm³/mol. The number of nitrogens with zero attached hydrogens (tertiary/aromatic N) is 1. The fraction of sp³-hybridized carbons (Fsp3) is 0.667. The molecule has 4 nitrogen and oxygen atoms in total. The van der Waals surface area contributed by atoms with Gasteiger partial charge in [-0.2, -0.15) is 4.31 Å². The van der Waals surface area contributed by atoms with E-state index in [1.807, 2.05) is 24.4 Å². The summed E-state index contributed by atoms with van der Waals surface area (Å²) in [6.07, 6.45) is 1.70. The number of hydrogen-bond donors (Lipinski definition) is 1. The van der Waals surface area contributed by atoms with Gasteiger partial charge in [0.25, 0.3) is 0 Å². The van der Waals surface area contributed by atoms with Crippen LogP contribution < -0.4 is 5.32 Å². The van der Waals surface area contributed by atoms with Gasteiger partial charge in [0.15, 0.2) is 0 Å². The molecular formula is C12H20N2O2S2.